The van der Waals surface area contributed by atoms with Crippen molar-refractivity contribution in [1.29, 1.82) is 0 Å². The second kappa shape index (κ2) is 7.46. The van der Waals surface area contributed by atoms with Crippen LogP contribution in [-0.4, -0.2) is 18.5 Å². The van der Waals surface area contributed by atoms with E-state index >= 15 is 0 Å². The zero-order valence-electron chi connectivity index (χ0n) is 15.0. The van der Waals surface area contributed by atoms with Crippen molar-refractivity contribution < 1.29 is 14.3 Å². The number of carbonyl (C=O) groups is 1. The van der Waals surface area contributed by atoms with Gasteiger partial charge in [0.05, 0.1) is 6.61 Å². The summed E-state index contributed by atoms with van der Waals surface area (Å²) in [7, 11) is 0. The Bertz CT molecular complexity index is 1060. The minimum atomic E-state index is -0.446. The lowest BCUT2D eigenvalue weighted by Gasteiger charge is -2.04. The summed E-state index contributed by atoms with van der Waals surface area (Å²) in [4.78, 5) is 16.8. The van der Waals surface area contributed by atoms with Gasteiger partial charge in [0.1, 0.15) is 5.75 Å². The van der Waals surface area contributed by atoms with E-state index in [9.17, 15) is 4.79 Å². The van der Waals surface area contributed by atoms with Crippen LogP contribution in [0, 0.1) is 0 Å². The van der Waals surface area contributed by atoms with Crippen molar-refractivity contribution in [2.75, 3.05) is 6.61 Å². The predicted molar refractivity (Wildman–Crippen MR) is 107 cm³/mol. The van der Waals surface area contributed by atoms with E-state index in [4.69, 9.17) is 9.47 Å². The van der Waals surface area contributed by atoms with Gasteiger partial charge in [-0.25, -0.2) is 9.79 Å². The number of carbonyl (C=O) groups excluding carboxylic acids is 1. The van der Waals surface area contributed by atoms with Crippen LogP contribution in [0.2, 0.25) is 0 Å². The number of rotatable bonds is 5. The maximum Gasteiger partial charge on any atom is 0.363 e. The van der Waals surface area contributed by atoms with Crippen LogP contribution < -0.4 is 4.74 Å². The van der Waals surface area contributed by atoms with E-state index in [2.05, 4.69) is 11.9 Å². The third kappa shape index (κ3) is 3.60. The Morgan fingerprint density at radius 2 is 1.85 bits per heavy atom. The first-order valence-electron chi connectivity index (χ1n) is 8.98. The standard InChI is InChI=1S/C23H19NO3/c1-2-13-26-18-10-5-7-16(14-18)15-21-23(25)27-22(24-21)20-12-6-9-17-8-3-4-11-19(17)20/h3-12,14-15H,2,13H2,1H3. The van der Waals surface area contributed by atoms with Crippen molar-refractivity contribution in [2.24, 2.45) is 4.99 Å². The number of benzene rings is 3. The van der Waals surface area contributed by atoms with Gasteiger partial charge in [0.15, 0.2) is 5.70 Å². The normalized spacial score (nSPS) is 15.1. The van der Waals surface area contributed by atoms with E-state index in [1.807, 2.05) is 66.7 Å². The highest BCUT2D eigenvalue weighted by molar-refractivity contribution is 6.17. The monoisotopic (exact) mass is 357 g/mol. The Balaban J connectivity index is 1.68. The molecule has 3 aromatic carbocycles. The lowest BCUT2D eigenvalue weighted by molar-refractivity contribution is -0.129. The van der Waals surface area contributed by atoms with Crippen molar-refractivity contribution in [2.45, 2.75) is 13.3 Å². The third-order valence-electron chi connectivity index (χ3n) is 4.27. The fraction of sp³-hybridized carbons (Fsp3) is 0.130. The molecule has 1 heterocycles. The van der Waals surface area contributed by atoms with Crippen LogP contribution in [-0.2, 0) is 9.53 Å². The van der Waals surface area contributed by atoms with Crippen LogP contribution in [0.15, 0.2) is 77.4 Å². The van der Waals surface area contributed by atoms with Crippen molar-refractivity contribution in [1.82, 2.24) is 0 Å². The summed E-state index contributed by atoms with van der Waals surface area (Å²) in [5, 5.41) is 2.08. The van der Waals surface area contributed by atoms with Gasteiger partial charge in [-0.15, -0.1) is 0 Å². The van der Waals surface area contributed by atoms with Crippen molar-refractivity contribution in [3.63, 3.8) is 0 Å². The second-order valence-corrected chi connectivity index (χ2v) is 6.28. The number of cyclic esters (lactones) is 1. The molecule has 4 heteroatoms. The molecule has 3 aromatic rings. The minimum Gasteiger partial charge on any atom is -0.494 e. The molecule has 27 heavy (non-hydrogen) atoms. The van der Waals surface area contributed by atoms with E-state index in [1.165, 1.54) is 0 Å². The average Bonchev–Trinajstić information content (AvgIpc) is 3.06. The molecule has 4 nitrogen and oxygen atoms in total. The molecule has 4 rings (SSSR count). The molecule has 1 aliphatic heterocycles. The first kappa shape index (κ1) is 17.0. The molecule has 0 saturated heterocycles. The van der Waals surface area contributed by atoms with E-state index in [0.29, 0.717) is 12.5 Å². The molecule has 0 radical (unpaired) electrons. The molecule has 0 spiro atoms. The van der Waals surface area contributed by atoms with Gasteiger partial charge in [0, 0.05) is 5.56 Å². The highest BCUT2D eigenvalue weighted by Gasteiger charge is 2.25. The SMILES string of the molecule is CCCOc1cccc(C=C2N=C(c3cccc4ccccc34)OC2=O)c1. The molecule has 0 amide bonds. The first-order valence-corrected chi connectivity index (χ1v) is 8.98. The second-order valence-electron chi connectivity index (χ2n) is 6.28. The first-order chi connectivity index (χ1) is 13.2. The fourth-order valence-corrected chi connectivity index (χ4v) is 3.01. The largest absolute Gasteiger partial charge is 0.494 e. The predicted octanol–water partition coefficient (Wildman–Crippen LogP) is 4.97. The highest BCUT2D eigenvalue weighted by atomic mass is 16.6. The topological polar surface area (TPSA) is 47.9 Å². The molecule has 0 bridgehead atoms. The van der Waals surface area contributed by atoms with E-state index in [-0.39, 0.29) is 5.70 Å². The number of nitrogens with zero attached hydrogens (tertiary/aromatic N) is 1. The van der Waals surface area contributed by atoms with Gasteiger partial charge in [-0.1, -0.05) is 55.5 Å². The van der Waals surface area contributed by atoms with Gasteiger partial charge in [-0.2, -0.15) is 0 Å². The number of hydrogen-bond donors (Lipinski definition) is 0. The molecule has 0 unspecified atom stereocenters. The Kier molecular flexibility index (Phi) is 4.71. The van der Waals surface area contributed by atoms with Gasteiger partial charge < -0.3 is 9.47 Å². The molecular weight excluding hydrogens is 338 g/mol. The molecule has 0 saturated carbocycles. The smallest absolute Gasteiger partial charge is 0.363 e. The van der Waals surface area contributed by atoms with E-state index in [0.717, 1.165) is 34.1 Å². The van der Waals surface area contributed by atoms with E-state index < -0.39 is 5.97 Å². The lowest BCUT2D eigenvalue weighted by Crippen LogP contribution is -2.05. The summed E-state index contributed by atoms with van der Waals surface area (Å²) in [5.41, 5.74) is 1.94. The third-order valence-corrected chi connectivity index (χ3v) is 4.27. The quantitative estimate of drug-likeness (QED) is 0.478. The molecule has 0 atom stereocenters. The van der Waals surface area contributed by atoms with Crippen molar-refractivity contribution in [3.05, 3.63) is 83.6 Å². The Morgan fingerprint density at radius 3 is 2.74 bits per heavy atom. The summed E-state index contributed by atoms with van der Waals surface area (Å²) in [6.45, 7) is 2.72. The average molecular weight is 357 g/mol. The fourth-order valence-electron chi connectivity index (χ4n) is 3.01. The molecular formula is C23H19NO3. The Labute approximate surface area is 157 Å². The highest BCUT2D eigenvalue weighted by Crippen LogP contribution is 2.25. The van der Waals surface area contributed by atoms with Crippen LogP contribution in [0.3, 0.4) is 0 Å². The molecule has 1 aliphatic rings. The summed E-state index contributed by atoms with van der Waals surface area (Å²) < 4.78 is 11.1. The van der Waals surface area contributed by atoms with Crippen LogP contribution >= 0.6 is 0 Å². The zero-order chi connectivity index (χ0) is 18.6. The van der Waals surface area contributed by atoms with Crippen LogP contribution in [0.25, 0.3) is 16.8 Å². The van der Waals surface area contributed by atoms with Gasteiger partial charge in [-0.05, 0) is 47.0 Å². The summed E-state index contributed by atoms with van der Waals surface area (Å²) in [6, 6.07) is 21.4. The summed E-state index contributed by atoms with van der Waals surface area (Å²) in [6.07, 6.45) is 2.66. The number of esters is 1. The number of aliphatic imine (C=N–C) groups is 1. The van der Waals surface area contributed by atoms with Crippen LogP contribution in [0.1, 0.15) is 24.5 Å². The van der Waals surface area contributed by atoms with Gasteiger partial charge in [0.2, 0.25) is 5.90 Å². The summed E-state index contributed by atoms with van der Waals surface area (Å²) >= 11 is 0. The van der Waals surface area contributed by atoms with Crippen molar-refractivity contribution in [3.8, 4) is 5.75 Å². The molecule has 134 valence electrons. The van der Waals surface area contributed by atoms with Crippen molar-refractivity contribution >= 4 is 28.7 Å². The number of hydrogen-bond acceptors (Lipinski definition) is 4. The van der Waals surface area contributed by atoms with Crippen LogP contribution in [0.4, 0.5) is 0 Å². The van der Waals surface area contributed by atoms with Crippen LogP contribution in [0.5, 0.6) is 5.75 Å². The Morgan fingerprint density at radius 1 is 1.04 bits per heavy atom. The zero-order valence-corrected chi connectivity index (χ0v) is 15.0. The van der Waals surface area contributed by atoms with Gasteiger partial charge in [-0.3, -0.25) is 0 Å². The number of ether oxygens (including phenoxy) is 2. The maximum absolute atomic E-state index is 12.3. The minimum absolute atomic E-state index is 0.283. The van der Waals surface area contributed by atoms with Gasteiger partial charge >= 0.3 is 5.97 Å². The molecule has 0 aliphatic carbocycles. The lowest BCUT2D eigenvalue weighted by atomic mass is 10.0. The molecule has 0 fully saturated rings. The Hall–Kier alpha value is -3.40. The van der Waals surface area contributed by atoms with E-state index in [1.54, 1.807) is 6.08 Å². The van der Waals surface area contributed by atoms with Gasteiger partial charge in [0.25, 0.3) is 0 Å². The summed E-state index contributed by atoms with van der Waals surface area (Å²) in [5.74, 6) is 0.662. The molecule has 0 aromatic heterocycles. The molecule has 0 N–H and O–H groups in total. The number of fused-ring (bicyclic) bond motifs is 1. The maximum atomic E-state index is 12.3.